The number of nitrogens with two attached hydrogens (primary N) is 2. The zero-order valence-electron chi connectivity index (χ0n) is 9.71. The van der Waals surface area contributed by atoms with Crippen molar-refractivity contribution in [2.75, 3.05) is 11.6 Å². The summed E-state index contributed by atoms with van der Waals surface area (Å²) in [6, 6.07) is 0. The molecule has 94 valence electrons. The maximum absolute atomic E-state index is 11.2. The largest absolute Gasteiger partial charge is 0.481 e. The minimum atomic E-state index is -0.799. The van der Waals surface area contributed by atoms with E-state index in [9.17, 15) is 9.90 Å². The molecule has 3 unspecified atom stereocenters. The Hall–Kier alpha value is -1.79. The third kappa shape index (κ3) is 1.92. The van der Waals surface area contributed by atoms with Crippen LogP contribution in [0.15, 0.2) is 0 Å². The third-order valence-corrected chi connectivity index (χ3v) is 3.63. The molecular formula is C10H17N5O2. The summed E-state index contributed by atoms with van der Waals surface area (Å²) in [6.45, 7) is 2.06. The highest BCUT2D eigenvalue weighted by Gasteiger charge is 2.41. The molecule has 2 rings (SSSR count). The number of aliphatic carboxylic acids is 1. The first-order valence-electron chi connectivity index (χ1n) is 5.73. The Bertz CT molecular complexity index is 430. The molecule has 3 atom stereocenters. The molecular weight excluding hydrogens is 222 g/mol. The van der Waals surface area contributed by atoms with Gasteiger partial charge in [0.05, 0.1) is 5.92 Å². The molecule has 1 heterocycles. The molecule has 0 aliphatic heterocycles. The van der Waals surface area contributed by atoms with Gasteiger partial charge in [0.15, 0.2) is 5.82 Å². The van der Waals surface area contributed by atoms with Crippen molar-refractivity contribution >= 4 is 11.9 Å². The molecule has 17 heavy (non-hydrogen) atoms. The van der Waals surface area contributed by atoms with Crippen LogP contribution in [-0.4, -0.2) is 25.9 Å². The van der Waals surface area contributed by atoms with Gasteiger partial charge in [-0.1, -0.05) is 13.3 Å². The van der Waals surface area contributed by atoms with E-state index < -0.39 is 11.9 Å². The molecule has 1 aliphatic carbocycles. The first-order chi connectivity index (χ1) is 8.04. The summed E-state index contributed by atoms with van der Waals surface area (Å²) < 4.78 is 1.19. The molecule has 5 N–H and O–H groups in total. The quantitative estimate of drug-likeness (QED) is 0.647. The highest BCUT2D eigenvalue weighted by atomic mass is 16.4. The summed E-state index contributed by atoms with van der Waals surface area (Å²) in [4.78, 5) is 11.2. The van der Waals surface area contributed by atoms with Crippen molar-refractivity contribution in [2.45, 2.75) is 32.1 Å². The van der Waals surface area contributed by atoms with E-state index in [1.54, 1.807) is 0 Å². The van der Waals surface area contributed by atoms with Gasteiger partial charge < -0.3 is 16.7 Å². The van der Waals surface area contributed by atoms with Gasteiger partial charge in [-0.25, -0.2) is 4.68 Å². The van der Waals surface area contributed by atoms with E-state index in [-0.39, 0.29) is 11.9 Å². The highest BCUT2D eigenvalue weighted by molar-refractivity contribution is 5.71. The zero-order chi connectivity index (χ0) is 12.6. The molecule has 0 radical (unpaired) electrons. The van der Waals surface area contributed by atoms with Gasteiger partial charge in [-0.3, -0.25) is 4.79 Å². The number of hydrogen-bond acceptors (Lipinski definition) is 5. The van der Waals surface area contributed by atoms with Crippen LogP contribution in [0.4, 0.5) is 5.95 Å². The van der Waals surface area contributed by atoms with Gasteiger partial charge in [-0.15, -0.1) is 10.2 Å². The predicted molar refractivity (Wildman–Crippen MR) is 61.5 cm³/mol. The molecule has 1 fully saturated rings. The smallest absolute Gasteiger partial charge is 0.307 e. The van der Waals surface area contributed by atoms with Crippen molar-refractivity contribution in [2.24, 2.45) is 11.8 Å². The number of aromatic nitrogens is 3. The van der Waals surface area contributed by atoms with Gasteiger partial charge >= 0.3 is 5.97 Å². The van der Waals surface area contributed by atoms with Crippen molar-refractivity contribution in [3.05, 3.63) is 5.82 Å². The number of carboxylic acid groups (broad SMARTS) is 1. The second kappa shape index (κ2) is 4.23. The molecule has 0 amide bonds. The molecule has 0 aromatic carbocycles. The summed E-state index contributed by atoms with van der Waals surface area (Å²) >= 11 is 0. The van der Waals surface area contributed by atoms with Crippen LogP contribution in [0.5, 0.6) is 0 Å². The van der Waals surface area contributed by atoms with Gasteiger partial charge in [0, 0.05) is 5.92 Å². The average molecular weight is 239 g/mol. The lowest BCUT2D eigenvalue weighted by Crippen LogP contribution is -2.23. The van der Waals surface area contributed by atoms with Crippen LogP contribution in [0.1, 0.15) is 37.9 Å². The zero-order valence-corrected chi connectivity index (χ0v) is 9.71. The number of anilines is 1. The van der Waals surface area contributed by atoms with E-state index in [0.29, 0.717) is 18.2 Å². The van der Waals surface area contributed by atoms with E-state index in [1.807, 2.05) is 0 Å². The lowest BCUT2D eigenvalue weighted by Gasteiger charge is -2.14. The van der Waals surface area contributed by atoms with Crippen LogP contribution in [0, 0.1) is 11.8 Å². The second-order valence-electron chi connectivity index (χ2n) is 4.58. The van der Waals surface area contributed by atoms with E-state index in [4.69, 9.17) is 11.6 Å². The average Bonchev–Trinajstić information content (AvgIpc) is 2.84. The van der Waals surface area contributed by atoms with Gasteiger partial charge in [0.25, 0.3) is 0 Å². The summed E-state index contributed by atoms with van der Waals surface area (Å²) in [6.07, 6.45) is 2.42. The van der Waals surface area contributed by atoms with Crippen LogP contribution >= 0.6 is 0 Å². The summed E-state index contributed by atoms with van der Waals surface area (Å²) in [7, 11) is 0. The van der Waals surface area contributed by atoms with Gasteiger partial charge in [0.2, 0.25) is 5.95 Å². The van der Waals surface area contributed by atoms with E-state index in [0.717, 1.165) is 12.8 Å². The molecule has 0 spiro atoms. The topological polar surface area (TPSA) is 120 Å². The maximum atomic E-state index is 11.2. The van der Waals surface area contributed by atoms with Gasteiger partial charge in [-0.05, 0) is 18.8 Å². The van der Waals surface area contributed by atoms with Crippen LogP contribution in [0.25, 0.3) is 0 Å². The number of nitrogens with zero attached hydrogens (tertiary/aromatic N) is 3. The molecule has 7 nitrogen and oxygen atoms in total. The minimum absolute atomic E-state index is 0.115. The van der Waals surface area contributed by atoms with Crippen molar-refractivity contribution < 1.29 is 9.90 Å². The Balaban J connectivity index is 2.30. The SMILES string of the molecule is CCC1CC(C(=O)O)C(c2nnc(N)n2N)C1. The Morgan fingerprint density at radius 2 is 2.24 bits per heavy atom. The first-order valence-corrected chi connectivity index (χ1v) is 5.73. The van der Waals surface area contributed by atoms with Crippen molar-refractivity contribution in [1.82, 2.24) is 14.9 Å². The van der Waals surface area contributed by atoms with Crippen LogP contribution < -0.4 is 11.6 Å². The van der Waals surface area contributed by atoms with Crippen LogP contribution in [-0.2, 0) is 4.79 Å². The summed E-state index contributed by atoms with van der Waals surface area (Å²) in [5, 5.41) is 16.8. The van der Waals surface area contributed by atoms with E-state index >= 15 is 0 Å². The van der Waals surface area contributed by atoms with Gasteiger partial charge in [-0.2, -0.15) is 0 Å². The fourth-order valence-corrected chi connectivity index (χ4v) is 2.60. The fraction of sp³-hybridized carbons (Fsp3) is 0.700. The third-order valence-electron chi connectivity index (χ3n) is 3.63. The molecule has 1 aromatic heterocycles. The number of carbonyl (C=O) groups is 1. The highest BCUT2D eigenvalue weighted by Crippen LogP contribution is 2.43. The number of rotatable bonds is 3. The van der Waals surface area contributed by atoms with Crippen molar-refractivity contribution in [1.29, 1.82) is 0 Å². The Kier molecular flexibility index (Phi) is 2.91. The Labute approximate surface area is 98.8 Å². The van der Waals surface area contributed by atoms with Crippen molar-refractivity contribution in [3.8, 4) is 0 Å². The lowest BCUT2D eigenvalue weighted by molar-refractivity contribution is -0.142. The second-order valence-corrected chi connectivity index (χ2v) is 4.58. The normalized spacial score (nSPS) is 28.4. The number of hydrogen-bond donors (Lipinski definition) is 3. The van der Waals surface area contributed by atoms with Crippen LogP contribution in [0.2, 0.25) is 0 Å². The first kappa shape index (κ1) is 11.7. The van der Waals surface area contributed by atoms with E-state index in [1.165, 1.54) is 4.68 Å². The summed E-state index contributed by atoms with van der Waals surface area (Å²) in [5.74, 6) is 5.27. The van der Waals surface area contributed by atoms with Crippen molar-refractivity contribution in [3.63, 3.8) is 0 Å². The van der Waals surface area contributed by atoms with Crippen LogP contribution in [0.3, 0.4) is 0 Å². The molecule has 0 bridgehead atoms. The number of nitrogen functional groups attached to an aromatic ring is 2. The minimum Gasteiger partial charge on any atom is -0.481 e. The maximum Gasteiger partial charge on any atom is 0.307 e. The molecule has 1 aliphatic rings. The number of carboxylic acids is 1. The monoisotopic (exact) mass is 239 g/mol. The fourth-order valence-electron chi connectivity index (χ4n) is 2.60. The Morgan fingerprint density at radius 1 is 1.53 bits per heavy atom. The predicted octanol–water partition coefficient (Wildman–Crippen LogP) is 0.179. The molecule has 1 saturated carbocycles. The Morgan fingerprint density at radius 3 is 2.71 bits per heavy atom. The standard InChI is InChI=1S/C10H17N5O2/c1-2-5-3-6(7(4-5)9(16)17)8-13-14-10(11)15(8)12/h5-7H,2-4,12H2,1H3,(H2,11,14)(H,16,17). The van der Waals surface area contributed by atoms with Gasteiger partial charge in [0.1, 0.15) is 0 Å². The lowest BCUT2D eigenvalue weighted by atomic mass is 9.95. The molecule has 0 saturated heterocycles. The summed E-state index contributed by atoms with van der Waals surface area (Å²) in [5.41, 5.74) is 5.51. The van der Waals surface area contributed by atoms with E-state index in [2.05, 4.69) is 17.1 Å². The molecule has 1 aromatic rings. The molecule has 7 heteroatoms.